The van der Waals surface area contributed by atoms with E-state index in [-0.39, 0.29) is 11.6 Å². The average molecular weight is 221 g/mol. The number of ether oxygens (including phenoxy) is 1. The zero-order chi connectivity index (χ0) is 8.43. The molecule has 11 heavy (non-hydrogen) atoms. The number of pyridine rings is 1. The molecule has 5 heteroatoms. The average Bonchev–Trinajstić information content (AvgIpc) is 1.97. The Bertz CT molecular complexity index is 280. The van der Waals surface area contributed by atoms with Gasteiger partial charge in [0.15, 0.2) is 0 Å². The van der Waals surface area contributed by atoms with Crippen molar-refractivity contribution in [1.29, 1.82) is 0 Å². The molecule has 0 amide bonds. The Morgan fingerprint density at radius 2 is 2.36 bits per heavy atom. The second-order valence-corrected chi connectivity index (χ2v) is 2.71. The Balaban J connectivity index is 3.21. The number of nitrogens with two attached hydrogens (primary N) is 1. The van der Waals surface area contributed by atoms with Crippen LogP contribution in [-0.4, -0.2) is 12.1 Å². The van der Waals surface area contributed by atoms with Gasteiger partial charge in [0, 0.05) is 0 Å². The molecule has 0 bridgehead atoms. The summed E-state index contributed by atoms with van der Waals surface area (Å²) in [6.45, 7) is 0. The molecule has 1 rings (SSSR count). The van der Waals surface area contributed by atoms with Gasteiger partial charge in [-0.1, -0.05) is 0 Å². The van der Waals surface area contributed by atoms with E-state index in [0.29, 0.717) is 4.47 Å². The topological polar surface area (TPSA) is 48.1 Å². The van der Waals surface area contributed by atoms with Crippen LogP contribution >= 0.6 is 15.9 Å². The van der Waals surface area contributed by atoms with Gasteiger partial charge in [0.1, 0.15) is 0 Å². The van der Waals surface area contributed by atoms with Gasteiger partial charge in [-0.25, -0.2) is 0 Å². The van der Waals surface area contributed by atoms with Crippen molar-refractivity contribution in [3.63, 3.8) is 0 Å². The fourth-order valence-corrected chi connectivity index (χ4v) is 1.11. The van der Waals surface area contributed by atoms with Crippen LogP contribution in [0.25, 0.3) is 0 Å². The van der Waals surface area contributed by atoms with Crippen molar-refractivity contribution >= 4 is 21.6 Å². The highest BCUT2D eigenvalue weighted by Crippen LogP contribution is 2.25. The summed E-state index contributed by atoms with van der Waals surface area (Å²) in [5.74, 6) is -0.526. The van der Waals surface area contributed by atoms with Crippen molar-refractivity contribution in [3.05, 3.63) is 16.5 Å². The Labute approximate surface area is 71.5 Å². The van der Waals surface area contributed by atoms with Gasteiger partial charge < -0.3 is 10.5 Å². The van der Waals surface area contributed by atoms with Crippen molar-refractivity contribution in [2.75, 3.05) is 12.8 Å². The minimum Gasteiger partial charge on any atom is -0.480 e. The lowest BCUT2D eigenvalue weighted by Gasteiger charge is -2.02. The number of halogens is 2. The van der Waals surface area contributed by atoms with Gasteiger partial charge in [-0.2, -0.15) is 9.37 Å². The van der Waals surface area contributed by atoms with Gasteiger partial charge >= 0.3 is 0 Å². The summed E-state index contributed by atoms with van der Waals surface area (Å²) in [6, 6.07) is 1.40. The van der Waals surface area contributed by atoms with Gasteiger partial charge in [-0.3, -0.25) is 0 Å². The Hall–Kier alpha value is -0.840. The monoisotopic (exact) mass is 220 g/mol. The maximum absolute atomic E-state index is 12.6. The summed E-state index contributed by atoms with van der Waals surface area (Å²) >= 11 is 3.11. The van der Waals surface area contributed by atoms with E-state index in [1.54, 1.807) is 0 Å². The Kier molecular flexibility index (Phi) is 2.28. The third-order valence-electron chi connectivity index (χ3n) is 1.12. The number of hydrogen-bond donors (Lipinski definition) is 1. The fourth-order valence-electron chi connectivity index (χ4n) is 0.608. The summed E-state index contributed by atoms with van der Waals surface area (Å²) < 4.78 is 17.9. The summed E-state index contributed by atoms with van der Waals surface area (Å²) in [5.41, 5.74) is 5.22. The van der Waals surface area contributed by atoms with Crippen LogP contribution < -0.4 is 10.5 Å². The molecule has 0 spiro atoms. The molecule has 0 unspecified atom stereocenters. The van der Waals surface area contributed by atoms with E-state index in [1.807, 2.05) is 0 Å². The van der Waals surface area contributed by atoms with Gasteiger partial charge in [0.2, 0.25) is 11.8 Å². The number of aromatic nitrogens is 1. The number of nitrogen functional groups attached to an aromatic ring is 1. The maximum atomic E-state index is 12.6. The zero-order valence-corrected chi connectivity index (χ0v) is 7.35. The molecule has 1 heterocycles. The molecule has 3 nitrogen and oxygen atoms in total. The van der Waals surface area contributed by atoms with Crippen LogP contribution in [-0.2, 0) is 0 Å². The highest BCUT2D eigenvalue weighted by molar-refractivity contribution is 9.10. The van der Waals surface area contributed by atoms with Crippen LogP contribution in [0.15, 0.2) is 10.5 Å². The van der Waals surface area contributed by atoms with Crippen LogP contribution in [0, 0.1) is 5.95 Å². The minimum atomic E-state index is -0.718. The van der Waals surface area contributed by atoms with E-state index in [1.165, 1.54) is 13.2 Å². The number of anilines is 1. The third-order valence-corrected chi connectivity index (χ3v) is 1.69. The van der Waals surface area contributed by atoms with E-state index in [2.05, 4.69) is 20.9 Å². The molecular formula is C6H6BrFN2O. The fraction of sp³-hybridized carbons (Fsp3) is 0.167. The molecule has 0 aromatic carbocycles. The molecule has 0 aliphatic heterocycles. The number of hydrogen-bond acceptors (Lipinski definition) is 3. The van der Waals surface area contributed by atoms with Crippen molar-refractivity contribution in [3.8, 4) is 5.88 Å². The smallest absolute Gasteiger partial charge is 0.239 e. The molecule has 1 aromatic rings. The highest BCUT2D eigenvalue weighted by atomic mass is 79.9. The van der Waals surface area contributed by atoms with E-state index in [0.717, 1.165) is 0 Å². The molecule has 2 N–H and O–H groups in total. The molecule has 1 aromatic heterocycles. The molecule has 0 radical (unpaired) electrons. The highest BCUT2D eigenvalue weighted by Gasteiger charge is 2.06. The first-order valence-electron chi connectivity index (χ1n) is 2.80. The van der Waals surface area contributed by atoms with Crippen molar-refractivity contribution in [2.24, 2.45) is 0 Å². The lowest BCUT2D eigenvalue weighted by atomic mass is 10.4. The van der Waals surface area contributed by atoms with Crippen molar-refractivity contribution in [1.82, 2.24) is 4.98 Å². The van der Waals surface area contributed by atoms with Gasteiger partial charge in [-0.05, 0) is 22.0 Å². The summed E-state index contributed by atoms with van der Waals surface area (Å²) in [4.78, 5) is 3.43. The van der Waals surface area contributed by atoms with Crippen LogP contribution in [0.3, 0.4) is 0 Å². The number of rotatable bonds is 1. The van der Waals surface area contributed by atoms with Crippen molar-refractivity contribution < 1.29 is 9.13 Å². The Morgan fingerprint density at radius 1 is 1.73 bits per heavy atom. The maximum Gasteiger partial charge on any atom is 0.239 e. The van der Waals surface area contributed by atoms with E-state index < -0.39 is 5.95 Å². The van der Waals surface area contributed by atoms with Gasteiger partial charge in [-0.15, -0.1) is 0 Å². The summed E-state index contributed by atoms with van der Waals surface area (Å²) in [5, 5.41) is 0. The van der Waals surface area contributed by atoms with Crippen LogP contribution in [0.5, 0.6) is 5.88 Å². The SMILES string of the molecule is COc1nc(F)c(N)cc1Br. The third kappa shape index (κ3) is 1.59. The van der Waals surface area contributed by atoms with Crippen LogP contribution in [0.1, 0.15) is 0 Å². The predicted molar refractivity (Wildman–Crippen MR) is 42.9 cm³/mol. The molecule has 0 saturated heterocycles. The predicted octanol–water partition coefficient (Wildman–Crippen LogP) is 1.57. The standard InChI is InChI=1S/C6H6BrFN2O/c1-11-6-3(7)2-4(9)5(8)10-6/h2H,9H2,1H3. The lowest BCUT2D eigenvalue weighted by molar-refractivity contribution is 0.385. The number of methoxy groups -OCH3 is 1. The lowest BCUT2D eigenvalue weighted by Crippen LogP contribution is -1.97. The second-order valence-electron chi connectivity index (χ2n) is 1.86. The van der Waals surface area contributed by atoms with Crippen LogP contribution in [0.2, 0.25) is 0 Å². The minimum absolute atomic E-state index is 0.00215. The quantitative estimate of drug-likeness (QED) is 0.732. The summed E-state index contributed by atoms with van der Waals surface area (Å²) in [7, 11) is 1.41. The molecule has 0 atom stereocenters. The molecule has 0 aliphatic carbocycles. The first-order valence-corrected chi connectivity index (χ1v) is 3.60. The first-order chi connectivity index (χ1) is 5.15. The van der Waals surface area contributed by atoms with Gasteiger partial charge in [0.05, 0.1) is 17.3 Å². The molecular weight excluding hydrogens is 215 g/mol. The molecule has 0 fully saturated rings. The van der Waals surface area contributed by atoms with Crippen molar-refractivity contribution in [2.45, 2.75) is 0 Å². The number of nitrogens with zero attached hydrogens (tertiary/aromatic N) is 1. The second kappa shape index (κ2) is 3.04. The van der Waals surface area contributed by atoms with E-state index in [4.69, 9.17) is 10.5 Å². The van der Waals surface area contributed by atoms with Crippen LogP contribution in [0.4, 0.5) is 10.1 Å². The normalized spacial score (nSPS) is 9.73. The largest absolute Gasteiger partial charge is 0.480 e. The molecule has 0 aliphatic rings. The van der Waals surface area contributed by atoms with Gasteiger partial charge in [0.25, 0.3) is 0 Å². The zero-order valence-electron chi connectivity index (χ0n) is 5.77. The first kappa shape index (κ1) is 8.26. The Morgan fingerprint density at radius 3 is 2.91 bits per heavy atom. The molecule has 60 valence electrons. The van der Waals surface area contributed by atoms with E-state index >= 15 is 0 Å². The molecule has 0 saturated carbocycles. The van der Waals surface area contributed by atoms with E-state index in [9.17, 15) is 4.39 Å². The summed E-state index contributed by atoms with van der Waals surface area (Å²) in [6.07, 6.45) is 0.